The molecule has 0 spiro atoms. The number of anilines is 3. The van der Waals surface area contributed by atoms with E-state index < -0.39 is 0 Å². The van der Waals surface area contributed by atoms with E-state index in [9.17, 15) is 5.11 Å². The van der Waals surface area contributed by atoms with Gasteiger partial charge >= 0.3 is 0 Å². The molecule has 5 rings (SSSR count). The maximum atomic E-state index is 12.0. The number of fused-ring (bicyclic) bond motifs is 2. The van der Waals surface area contributed by atoms with Gasteiger partial charge in [-0.15, -0.1) is 0 Å². The van der Waals surface area contributed by atoms with Crippen LogP contribution in [0.1, 0.15) is 12.5 Å². The largest absolute Gasteiger partial charge is 0.507 e. The van der Waals surface area contributed by atoms with Crippen molar-refractivity contribution in [2.24, 2.45) is 0 Å². The molecule has 0 bridgehead atoms. The maximum absolute atomic E-state index is 12.0. The molecule has 0 unspecified atom stereocenters. The molecule has 3 N–H and O–H groups in total. The summed E-state index contributed by atoms with van der Waals surface area (Å²) in [6.45, 7) is 12.4. The van der Waals surface area contributed by atoms with Gasteiger partial charge in [-0.1, -0.05) is 12.1 Å². The average molecular weight is 874 g/mol. The lowest BCUT2D eigenvalue weighted by Gasteiger charge is -2.26. The summed E-state index contributed by atoms with van der Waals surface area (Å²) in [4.78, 5) is 4.51. The number of phenols is 1. The second-order valence-corrected chi connectivity index (χ2v) is 15.0. The van der Waals surface area contributed by atoms with Crippen LogP contribution in [0, 0.1) is 0 Å². The minimum absolute atomic E-state index is 0.187. The lowest BCUT2D eigenvalue weighted by Crippen LogP contribution is -2.36. The van der Waals surface area contributed by atoms with Gasteiger partial charge in [-0.05, 0) is 61.4 Å². The van der Waals surface area contributed by atoms with Crippen LogP contribution in [0.4, 0.5) is 17.1 Å². The second-order valence-electron chi connectivity index (χ2n) is 15.0. The van der Waals surface area contributed by atoms with Gasteiger partial charge in [0, 0.05) is 112 Å². The molecule has 63 heavy (non-hydrogen) atoms. The smallest absolute Gasteiger partial charge is 0.203 e. The van der Waals surface area contributed by atoms with E-state index in [1.54, 1.807) is 28.4 Å². The predicted molar refractivity (Wildman–Crippen MR) is 250 cm³/mol. The molecule has 3 aromatic rings. The molecule has 0 aromatic heterocycles. The molecule has 1 aliphatic carbocycles. The number of likely N-dealkylation sites (N-methyl/N-ethyl adjacent to an activating group) is 1. The third kappa shape index (κ3) is 15.2. The van der Waals surface area contributed by atoms with Crippen LogP contribution in [0.5, 0.6) is 5.75 Å². The minimum atomic E-state index is 0.187. The SMILES string of the molecule is CCN(CCc1ccc(N)cc1)c1ccc(-c2c3ccc(=[N+](CCOCCOC)CCOCCOC)cc-3oc3cc(N(CCOCCOC)CCOCCOC)ccc23)c(O)c1. The fourth-order valence-corrected chi connectivity index (χ4v) is 7.31. The summed E-state index contributed by atoms with van der Waals surface area (Å²) < 4.78 is 53.4. The number of nitrogens with two attached hydrogens (primary N) is 1. The molecule has 2 aliphatic rings. The second kappa shape index (κ2) is 27.4. The van der Waals surface area contributed by atoms with Crippen molar-refractivity contribution in [2.75, 3.05) is 163 Å². The van der Waals surface area contributed by atoms with Crippen molar-refractivity contribution >= 4 is 28.0 Å². The van der Waals surface area contributed by atoms with Gasteiger partial charge in [0.05, 0.1) is 72.1 Å². The summed E-state index contributed by atoms with van der Waals surface area (Å²) in [5, 5.41) is 13.8. The summed E-state index contributed by atoms with van der Waals surface area (Å²) in [5.74, 6) is 0.865. The fourth-order valence-electron chi connectivity index (χ4n) is 7.31. The summed E-state index contributed by atoms with van der Waals surface area (Å²) in [6.07, 6.45) is 0.849. The Balaban J connectivity index is 1.59. The Morgan fingerprint density at radius 1 is 0.571 bits per heavy atom. The molecule has 0 amide bonds. The first kappa shape index (κ1) is 49.2. The van der Waals surface area contributed by atoms with Crippen molar-refractivity contribution in [3.63, 3.8) is 0 Å². The Morgan fingerprint density at radius 3 is 1.70 bits per heavy atom. The number of methoxy groups -OCH3 is 4. The minimum Gasteiger partial charge on any atom is -0.507 e. The lowest BCUT2D eigenvalue weighted by molar-refractivity contribution is 0.0602. The van der Waals surface area contributed by atoms with Gasteiger partial charge in [0.25, 0.3) is 0 Å². The Hall–Kier alpha value is -4.77. The zero-order valence-corrected chi connectivity index (χ0v) is 38.0. The predicted octanol–water partition coefficient (Wildman–Crippen LogP) is 5.79. The molecule has 0 atom stereocenters. The Labute approximate surface area is 372 Å². The highest BCUT2D eigenvalue weighted by Crippen LogP contribution is 2.44. The van der Waals surface area contributed by atoms with Crippen LogP contribution >= 0.6 is 0 Å². The van der Waals surface area contributed by atoms with Gasteiger partial charge in [-0.2, -0.15) is 0 Å². The average Bonchev–Trinajstić information content (AvgIpc) is 3.29. The van der Waals surface area contributed by atoms with Gasteiger partial charge < -0.3 is 63.0 Å². The molecule has 14 heteroatoms. The van der Waals surface area contributed by atoms with Crippen LogP contribution in [0.3, 0.4) is 0 Å². The van der Waals surface area contributed by atoms with E-state index in [-0.39, 0.29) is 5.75 Å². The maximum Gasteiger partial charge on any atom is 0.203 e. The Morgan fingerprint density at radius 2 is 1.13 bits per heavy atom. The van der Waals surface area contributed by atoms with E-state index in [0.29, 0.717) is 122 Å². The summed E-state index contributed by atoms with van der Waals surface area (Å²) in [7, 11) is 6.67. The summed E-state index contributed by atoms with van der Waals surface area (Å²) in [5.41, 5.74) is 12.9. The van der Waals surface area contributed by atoms with Crippen molar-refractivity contribution < 1.29 is 47.4 Å². The lowest BCUT2D eigenvalue weighted by atomic mass is 9.92. The first-order chi connectivity index (χ1) is 30.9. The van der Waals surface area contributed by atoms with Crippen molar-refractivity contribution in [3.05, 3.63) is 89.8 Å². The molecular formula is C49H69N4O10+. The molecule has 1 aliphatic heterocycles. The highest BCUT2D eigenvalue weighted by molar-refractivity contribution is 6.04. The van der Waals surface area contributed by atoms with Crippen molar-refractivity contribution in [1.29, 1.82) is 0 Å². The molecule has 1 heterocycles. The number of phenolic OH excluding ortho intramolecular Hbond substituents is 1. The van der Waals surface area contributed by atoms with Crippen LogP contribution in [-0.4, -0.2) is 152 Å². The number of rotatable bonds is 31. The highest BCUT2D eigenvalue weighted by atomic mass is 16.5. The van der Waals surface area contributed by atoms with Crippen LogP contribution < -0.4 is 25.5 Å². The molecule has 0 fully saturated rings. The van der Waals surface area contributed by atoms with Crippen LogP contribution in [0.25, 0.3) is 33.4 Å². The first-order valence-electron chi connectivity index (χ1n) is 21.9. The van der Waals surface area contributed by atoms with Gasteiger partial charge in [-0.25, -0.2) is 4.58 Å². The number of benzene rings is 4. The van der Waals surface area contributed by atoms with E-state index in [2.05, 4.69) is 75.9 Å². The van der Waals surface area contributed by atoms with Crippen LogP contribution in [-0.2, 0) is 44.3 Å². The number of nitrogen functional groups attached to an aromatic ring is 1. The standard InChI is InChI=1S/C49H68N4O10/c1-6-51(18-17-38-7-9-39(50)10-8-38)40-11-14-43(46(54)35-40)49-44-15-12-41(52(19-23-59-31-27-55-2)20-24-60-32-28-56-3)36-47(44)63-48-37-42(13-16-45(48)49)53(21-25-61-33-29-57-4)22-26-62-34-30-58-5/h7-16,35-37H,6,17-34,50H2,1-5H3/p+1. The number of hydrogen-bond donors (Lipinski definition) is 2. The normalized spacial score (nSPS) is 11.5. The Bertz CT molecular complexity index is 2080. The number of hydrogen-bond acceptors (Lipinski definition) is 13. The molecule has 14 nitrogen and oxygen atoms in total. The van der Waals surface area contributed by atoms with Gasteiger partial charge in [0.15, 0.2) is 13.1 Å². The number of nitrogens with zero attached hydrogens (tertiary/aromatic N) is 3. The van der Waals surface area contributed by atoms with E-state index in [1.165, 1.54) is 5.56 Å². The summed E-state index contributed by atoms with van der Waals surface area (Å²) >= 11 is 0. The van der Waals surface area contributed by atoms with Gasteiger partial charge in [0.1, 0.15) is 30.3 Å². The molecule has 0 radical (unpaired) electrons. The topological polar surface area (TPSA) is 143 Å². The highest BCUT2D eigenvalue weighted by Gasteiger charge is 2.23. The molecular weight excluding hydrogens is 805 g/mol. The van der Waals surface area contributed by atoms with E-state index in [4.69, 9.17) is 48.0 Å². The number of ether oxygens (including phenoxy) is 8. The van der Waals surface area contributed by atoms with E-state index in [1.807, 2.05) is 24.3 Å². The Kier molecular flexibility index (Phi) is 21.4. The fraction of sp³-hybridized carbons (Fsp3) is 0.490. The monoisotopic (exact) mass is 874 g/mol. The molecule has 0 saturated heterocycles. The number of aromatic hydroxyl groups is 1. The van der Waals surface area contributed by atoms with Crippen LogP contribution in [0.2, 0.25) is 0 Å². The first-order valence-corrected chi connectivity index (χ1v) is 21.9. The molecule has 344 valence electrons. The van der Waals surface area contributed by atoms with Crippen molar-refractivity contribution in [1.82, 2.24) is 4.58 Å². The zero-order chi connectivity index (χ0) is 44.7. The third-order valence-electron chi connectivity index (χ3n) is 10.8. The van der Waals surface area contributed by atoms with Crippen LogP contribution in [0.15, 0.2) is 83.3 Å². The van der Waals surface area contributed by atoms with Crippen molar-refractivity contribution in [2.45, 2.75) is 13.3 Å². The zero-order valence-electron chi connectivity index (χ0n) is 38.0. The molecule has 3 aromatic carbocycles. The van der Waals surface area contributed by atoms with Gasteiger partial charge in [-0.3, -0.25) is 0 Å². The van der Waals surface area contributed by atoms with E-state index >= 15 is 0 Å². The summed E-state index contributed by atoms with van der Waals surface area (Å²) in [6, 6.07) is 26.5. The van der Waals surface area contributed by atoms with Crippen molar-refractivity contribution in [3.8, 4) is 28.2 Å². The molecule has 0 saturated carbocycles. The quantitative estimate of drug-likeness (QED) is 0.0240. The van der Waals surface area contributed by atoms with E-state index in [0.717, 1.165) is 58.4 Å². The third-order valence-corrected chi connectivity index (χ3v) is 10.8. The van der Waals surface area contributed by atoms with Gasteiger partial charge in [0.2, 0.25) is 5.36 Å².